The van der Waals surface area contributed by atoms with Crippen molar-refractivity contribution in [3.63, 3.8) is 0 Å². The maximum absolute atomic E-state index is 12.0. The normalized spacial score (nSPS) is 12.8. The molecule has 1 unspecified atom stereocenters. The third-order valence-corrected chi connectivity index (χ3v) is 3.08. The highest BCUT2D eigenvalue weighted by Crippen LogP contribution is 2.15. The van der Waals surface area contributed by atoms with Gasteiger partial charge in [-0.05, 0) is 26.0 Å². The maximum Gasteiger partial charge on any atom is 0.168 e. The first-order valence-corrected chi connectivity index (χ1v) is 6.18. The number of carbonyl (C=O) groups excluding carboxylic acids is 1. The van der Waals surface area contributed by atoms with E-state index in [9.17, 15) is 4.79 Å². The Labute approximate surface area is 107 Å². The second-order valence-electron chi connectivity index (χ2n) is 4.32. The Hall–Kier alpha value is -1.68. The molecule has 0 bridgehead atoms. The summed E-state index contributed by atoms with van der Waals surface area (Å²) in [6, 6.07) is 7.87. The summed E-state index contributed by atoms with van der Waals surface area (Å²) in [5.41, 5.74) is 1.97. The van der Waals surface area contributed by atoms with Crippen molar-refractivity contribution in [2.75, 3.05) is 6.61 Å². The van der Waals surface area contributed by atoms with Crippen molar-refractivity contribution in [3.05, 3.63) is 30.1 Å². The highest BCUT2D eigenvalue weighted by atomic mass is 16.5. The predicted molar refractivity (Wildman–Crippen MR) is 70.5 cm³/mol. The number of para-hydroxylation sites is 2. The van der Waals surface area contributed by atoms with Crippen molar-refractivity contribution in [1.29, 1.82) is 0 Å². The highest BCUT2D eigenvalue weighted by molar-refractivity contribution is 5.85. The number of hydrogen-bond donors (Lipinski definition) is 0. The number of benzene rings is 1. The summed E-state index contributed by atoms with van der Waals surface area (Å²) in [5, 5.41) is 0. The molecule has 0 aliphatic carbocycles. The molecule has 4 nitrogen and oxygen atoms in total. The molecule has 0 spiro atoms. The standard InChI is InChI=1S/C14H18N2O2/c1-4-18-10(2)13(17)9-14-15-11-7-5-6-8-12(11)16(14)3/h5-8,10H,4,9H2,1-3H3. The fraction of sp³-hybridized carbons (Fsp3) is 0.429. The lowest BCUT2D eigenvalue weighted by Crippen LogP contribution is -2.23. The number of hydrogen-bond acceptors (Lipinski definition) is 3. The number of imidazole rings is 1. The number of carbonyl (C=O) groups is 1. The van der Waals surface area contributed by atoms with Gasteiger partial charge < -0.3 is 9.30 Å². The lowest BCUT2D eigenvalue weighted by atomic mass is 10.2. The minimum absolute atomic E-state index is 0.0651. The van der Waals surface area contributed by atoms with Gasteiger partial charge >= 0.3 is 0 Å². The number of ketones is 1. The lowest BCUT2D eigenvalue weighted by Gasteiger charge is -2.09. The Balaban J connectivity index is 2.22. The largest absolute Gasteiger partial charge is 0.371 e. The molecular weight excluding hydrogens is 228 g/mol. The summed E-state index contributed by atoms with van der Waals surface area (Å²) < 4.78 is 7.27. The van der Waals surface area contributed by atoms with Crippen LogP contribution in [0.3, 0.4) is 0 Å². The number of rotatable bonds is 5. The zero-order valence-corrected chi connectivity index (χ0v) is 11.0. The van der Waals surface area contributed by atoms with Gasteiger partial charge in [0.2, 0.25) is 0 Å². The number of nitrogens with zero attached hydrogens (tertiary/aromatic N) is 2. The van der Waals surface area contributed by atoms with Crippen LogP contribution in [0.5, 0.6) is 0 Å². The first-order valence-electron chi connectivity index (χ1n) is 6.18. The van der Waals surface area contributed by atoms with E-state index in [2.05, 4.69) is 4.98 Å². The summed E-state index contributed by atoms with van der Waals surface area (Å²) in [5.74, 6) is 0.850. The number of aromatic nitrogens is 2. The smallest absolute Gasteiger partial charge is 0.168 e. The third-order valence-electron chi connectivity index (χ3n) is 3.08. The summed E-state index contributed by atoms with van der Waals surface area (Å²) in [4.78, 5) is 16.4. The molecule has 1 aromatic carbocycles. The Kier molecular flexibility index (Phi) is 3.77. The molecule has 2 aromatic rings. The van der Waals surface area contributed by atoms with Crippen LogP contribution in [-0.2, 0) is 23.0 Å². The Morgan fingerprint density at radius 2 is 2.17 bits per heavy atom. The summed E-state index contributed by atoms with van der Waals surface area (Å²) in [6.07, 6.45) is -0.0541. The highest BCUT2D eigenvalue weighted by Gasteiger charge is 2.17. The van der Waals surface area contributed by atoms with Crippen molar-refractivity contribution < 1.29 is 9.53 Å². The fourth-order valence-corrected chi connectivity index (χ4v) is 2.00. The van der Waals surface area contributed by atoms with Gasteiger partial charge in [0.1, 0.15) is 11.9 Å². The number of fused-ring (bicyclic) bond motifs is 1. The van der Waals surface area contributed by atoms with Gasteiger partial charge in [-0.15, -0.1) is 0 Å². The van der Waals surface area contributed by atoms with E-state index in [-0.39, 0.29) is 11.9 Å². The molecule has 18 heavy (non-hydrogen) atoms. The second kappa shape index (κ2) is 5.31. The van der Waals surface area contributed by atoms with E-state index in [4.69, 9.17) is 4.74 Å². The van der Waals surface area contributed by atoms with Gasteiger partial charge in [0, 0.05) is 13.7 Å². The molecule has 0 amide bonds. The van der Waals surface area contributed by atoms with Crippen LogP contribution in [0.2, 0.25) is 0 Å². The molecule has 4 heteroatoms. The first-order chi connectivity index (χ1) is 8.63. The van der Waals surface area contributed by atoms with Gasteiger partial charge in [0.25, 0.3) is 0 Å². The molecule has 0 fully saturated rings. The topological polar surface area (TPSA) is 44.1 Å². The number of aryl methyl sites for hydroxylation is 1. The van der Waals surface area contributed by atoms with Gasteiger partial charge in [-0.25, -0.2) is 4.98 Å². The van der Waals surface area contributed by atoms with Gasteiger partial charge in [-0.1, -0.05) is 12.1 Å². The van der Waals surface area contributed by atoms with Gasteiger partial charge in [0.05, 0.1) is 17.5 Å². The lowest BCUT2D eigenvalue weighted by molar-refractivity contribution is -0.128. The average molecular weight is 246 g/mol. The second-order valence-corrected chi connectivity index (χ2v) is 4.32. The molecule has 1 atom stereocenters. The van der Waals surface area contributed by atoms with Crippen LogP contribution in [0.4, 0.5) is 0 Å². The zero-order valence-electron chi connectivity index (χ0n) is 11.0. The van der Waals surface area contributed by atoms with Crippen molar-refractivity contribution in [2.45, 2.75) is 26.4 Å². The van der Waals surface area contributed by atoms with Crippen molar-refractivity contribution >= 4 is 16.8 Å². The van der Waals surface area contributed by atoms with Gasteiger partial charge in [-0.3, -0.25) is 4.79 Å². The predicted octanol–water partition coefficient (Wildman–Crippen LogP) is 2.11. The van der Waals surface area contributed by atoms with Gasteiger partial charge in [-0.2, -0.15) is 0 Å². The minimum atomic E-state index is -0.366. The van der Waals surface area contributed by atoms with E-state index < -0.39 is 0 Å². The van der Waals surface area contributed by atoms with Crippen LogP contribution < -0.4 is 0 Å². The molecule has 96 valence electrons. The Morgan fingerprint density at radius 3 is 2.83 bits per heavy atom. The van der Waals surface area contributed by atoms with Crippen LogP contribution >= 0.6 is 0 Å². The van der Waals surface area contributed by atoms with Crippen LogP contribution in [-0.4, -0.2) is 28.0 Å². The number of ether oxygens (including phenoxy) is 1. The Bertz CT molecular complexity index is 560. The molecule has 0 aliphatic rings. The van der Waals surface area contributed by atoms with E-state index in [0.717, 1.165) is 16.9 Å². The van der Waals surface area contributed by atoms with Gasteiger partial charge in [0.15, 0.2) is 5.78 Å². The van der Waals surface area contributed by atoms with E-state index in [1.54, 1.807) is 6.92 Å². The zero-order chi connectivity index (χ0) is 13.1. The number of Topliss-reactive ketones (excluding diaryl/α,β-unsaturated/α-hetero) is 1. The van der Waals surface area contributed by atoms with E-state index in [0.29, 0.717) is 13.0 Å². The molecule has 0 aliphatic heterocycles. The summed E-state index contributed by atoms with van der Waals surface area (Å²) in [7, 11) is 1.93. The van der Waals surface area contributed by atoms with E-state index >= 15 is 0 Å². The van der Waals surface area contributed by atoms with Crippen molar-refractivity contribution in [1.82, 2.24) is 9.55 Å². The third kappa shape index (κ3) is 2.43. The molecule has 0 radical (unpaired) electrons. The quantitative estimate of drug-likeness (QED) is 0.811. The van der Waals surface area contributed by atoms with Crippen LogP contribution in [0.1, 0.15) is 19.7 Å². The SMILES string of the molecule is CCOC(C)C(=O)Cc1nc2ccccc2n1C. The monoisotopic (exact) mass is 246 g/mol. The molecule has 1 heterocycles. The molecule has 0 saturated carbocycles. The van der Waals surface area contributed by atoms with E-state index in [1.165, 1.54) is 0 Å². The molecule has 0 saturated heterocycles. The molecule has 2 rings (SSSR count). The summed E-state index contributed by atoms with van der Waals surface area (Å²) >= 11 is 0. The minimum Gasteiger partial charge on any atom is -0.371 e. The summed E-state index contributed by atoms with van der Waals surface area (Å²) in [6.45, 7) is 4.22. The fourth-order valence-electron chi connectivity index (χ4n) is 2.00. The Morgan fingerprint density at radius 1 is 1.44 bits per heavy atom. The first kappa shape index (κ1) is 12.8. The maximum atomic E-state index is 12.0. The molecule has 0 N–H and O–H groups in total. The van der Waals surface area contributed by atoms with Crippen LogP contribution in [0.15, 0.2) is 24.3 Å². The van der Waals surface area contributed by atoms with Crippen molar-refractivity contribution in [3.8, 4) is 0 Å². The molecule has 1 aromatic heterocycles. The van der Waals surface area contributed by atoms with Crippen LogP contribution in [0, 0.1) is 0 Å². The van der Waals surface area contributed by atoms with Crippen LogP contribution in [0.25, 0.3) is 11.0 Å². The van der Waals surface area contributed by atoms with Crippen molar-refractivity contribution in [2.24, 2.45) is 7.05 Å². The van der Waals surface area contributed by atoms with E-state index in [1.807, 2.05) is 42.8 Å². The molecular formula is C14H18N2O2. The average Bonchev–Trinajstić information content (AvgIpc) is 2.67.